The van der Waals surface area contributed by atoms with Gasteiger partial charge in [-0.05, 0) is 26.0 Å². The molecule has 0 N–H and O–H groups in total. The van der Waals surface area contributed by atoms with Crippen LogP contribution in [-0.4, -0.2) is 37.8 Å². The number of benzene rings is 1. The minimum atomic E-state index is -3.83. The number of likely N-dealkylation sites (N-methyl/N-ethyl adjacent to an activating group) is 1. The number of nitrogens with zero attached hydrogens (tertiary/aromatic N) is 3. The van der Waals surface area contributed by atoms with Crippen molar-refractivity contribution >= 4 is 15.9 Å². The van der Waals surface area contributed by atoms with Crippen LogP contribution in [0.1, 0.15) is 18.9 Å². The number of carbonyl (C=O) groups is 1. The molecule has 108 valence electrons. The van der Waals surface area contributed by atoms with Crippen molar-refractivity contribution in [3.05, 3.63) is 29.8 Å². The monoisotopic (exact) mass is 295 g/mol. The molecule has 0 aromatic heterocycles. The highest BCUT2D eigenvalue weighted by molar-refractivity contribution is 7.89. The lowest BCUT2D eigenvalue weighted by molar-refractivity contribution is -0.126. The molecule has 0 bridgehead atoms. The van der Waals surface area contributed by atoms with Gasteiger partial charge in [-0.1, -0.05) is 17.7 Å². The second-order valence-corrected chi connectivity index (χ2v) is 6.92. The molecule has 1 amide bonds. The summed E-state index contributed by atoms with van der Waals surface area (Å²) in [4.78, 5) is 12.3. The molecule has 1 heterocycles. The number of carbonyl (C=O) groups excluding carboxylic acids is 1. The van der Waals surface area contributed by atoms with Gasteiger partial charge in [-0.2, -0.15) is 10.2 Å². The number of aryl methyl sites for hydroxylation is 1. The molecule has 1 aromatic rings. The highest BCUT2D eigenvalue weighted by Crippen LogP contribution is 2.21. The van der Waals surface area contributed by atoms with Crippen LogP contribution in [0, 0.1) is 6.92 Å². The predicted molar refractivity (Wildman–Crippen MR) is 73.9 cm³/mol. The summed E-state index contributed by atoms with van der Waals surface area (Å²) in [7, 11) is -2.57. The first-order chi connectivity index (χ1) is 9.32. The zero-order valence-electron chi connectivity index (χ0n) is 11.6. The Balaban J connectivity index is 2.23. The van der Waals surface area contributed by atoms with Crippen LogP contribution in [0.4, 0.5) is 0 Å². The van der Waals surface area contributed by atoms with Crippen LogP contribution in [0.25, 0.3) is 0 Å². The van der Waals surface area contributed by atoms with Gasteiger partial charge in [0.1, 0.15) is 0 Å². The van der Waals surface area contributed by atoms with E-state index in [0.29, 0.717) is 6.42 Å². The van der Waals surface area contributed by atoms with Crippen molar-refractivity contribution in [2.24, 2.45) is 10.2 Å². The van der Waals surface area contributed by atoms with Crippen LogP contribution in [0.15, 0.2) is 39.4 Å². The smallest absolute Gasteiger partial charge is 0.266 e. The third-order valence-corrected chi connectivity index (χ3v) is 5.01. The van der Waals surface area contributed by atoms with Crippen LogP contribution in [0.3, 0.4) is 0 Å². The average Bonchev–Trinajstić information content (AvgIpc) is 2.84. The molecule has 20 heavy (non-hydrogen) atoms. The van der Waals surface area contributed by atoms with Gasteiger partial charge < -0.3 is 0 Å². The van der Waals surface area contributed by atoms with Gasteiger partial charge in [0, 0.05) is 13.5 Å². The molecule has 1 aromatic carbocycles. The van der Waals surface area contributed by atoms with Crippen molar-refractivity contribution in [3.8, 4) is 0 Å². The standard InChI is InChI=1S/C13H17N3O3S/c1-9-4-6-11(7-5-9)20(18,19)16(3)13(17)12-8-10(2)14-15-12/h4-7,10,12H,8H2,1-3H3. The quantitative estimate of drug-likeness (QED) is 0.852. The van der Waals surface area contributed by atoms with E-state index in [2.05, 4.69) is 10.2 Å². The SMILES string of the molecule is Cc1ccc(S(=O)(=O)N(C)C(=O)C2CC(C)N=N2)cc1. The lowest BCUT2D eigenvalue weighted by Gasteiger charge is -2.19. The van der Waals surface area contributed by atoms with E-state index < -0.39 is 22.0 Å². The van der Waals surface area contributed by atoms with E-state index >= 15 is 0 Å². The number of hydrogen-bond acceptors (Lipinski definition) is 5. The Morgan fingerprint density at radius 2 is 1.85 bits per heavy atom. The van der Waals surface area contributed by atoms with Gasteiger partial charge in [-0.15, -0.1) is 0 Å². The molecule has 6 nitrogen and oxygen atoms in total. The van der Waals surface area contributed by atoms with Crippen molar-refractivity contribution in [2.45, 2.75) is 37.2 Å². The number of hydrogen-bond donors (Lipinski definition) is 0. The summed E-state index contributed by atoms with van der Waals surface area (Å²) < 4.78 is 25.5. The Hall–Kier alpha value is -1.76. The molecular weight excluding hydrogens is 278 g/mol. The first-order valence-electron chi connectivity index (χ1n) is 6.32. The molecule has 2 atom stereocenters. The molecule has 7 heteroatoms. The molecule has 0 saturated carbocycles. The minimum Gasteiger partial charge on any atom is -0.271 e. The molecule has 0 saturated heterocycles. The van der Waals surface area contributed by atoms with Crippen LogP contribution >= 0.6 is 0 Å². The summed E-state index contributed by atoms with van der Waals surface area (Å²) >= 11 is 0. The largest absolute Gasteiger partial charge is 0.271 e. The first kappa shape index (κ1) is 14.6. The van der Waals surface area contributed by atoms with Crippen molar-refractivity contribution in [1.82, 2.24) is 4.31 Å². The Bertz CT molecular complexity index is 637. The number of amides is 1. The van der Waals surface area contributed by atoms with Gasteiger partial charge in [-0.25, -0.2) is 12.7 Å². The van der Waals surface area contributed by atoms with Gasteiger partial charge in [0.15, 0.2) is 6.04 Å². The lowest BCUT2D eigenvalue weighted by atomic mass is 10.1. The van der Waals surface area contributed by atoms with Crippen molar-refractivity contribution in [3.63, 3.8) is 0 Å². The maximum Gasteiger partial charge on any atom is 0.266 e. The normalized spacial score (nSPS) is 21.9. The molecule has 2 unspecified atom stereocenters. The molecule has 0 fully saturated rings. The van der Waals surface area contributed by atoms with E-state index in [1.165, 1.54) is 19.2 Å². The van der Waals surface area contributed by atoms with Gasteiger partial charge in [0.25, 0.3) is 15.9 Å². The third kappa shape index (κ3) is 2.72. The Morgan fingerprint density at radius 1 is 1.25 bits per heavy atom. The van der Waals surface area contributed by atoms with Crippen molar-refractivity contribution in [2.75, 3.05) is 7.05 Å². The summed E-state index contributed by atoms with van der Waals surface area (Å²) in [5.74, 6) is -0.543. The van der Waals surface area contributed by atoms with Crippen molar-refractivity contribution < 1.29 is 13.2 Å². The van der Waals surface area contributed by atoms with E-state index in [0.717, 1.165) is 9.87 Å². The third-order valence-electron chi connectivity index (χ3n) is 3.24. The predicted octanol–water partition coefficient (Wildman–Crippen LogP) is 1.76. The van der Waals surface area contributed by atoms with Gasteiger partial charge >= 0.3 is 0 Å². The van der Waals surface area contributed by atoms with Crippen LogP contribution in [0.5, 0.6) is 0 Å². The Labute approximate surface area is 118 Å². The summed E-state index contributed by atoms with van der Waals surface area (Å²) in [6.45, 7) is 3.71. The van der Waals surface area contributed by atoms with E-state index in [1.807, 2.05) is 13.8 Å². The molecule has 0 radical (unpaired) electrons. The fourth-order valence-electron chi connectivity index (χ4n) is 1.96. The molecule has 0 spiro atoms. The van der Waals surface area contributed by atoms with E-state index in [4.69, 9.17) is 0 Å². The second kappa shape index (κ2) is 5.32. The summed E-state index contributed by atoms with van der Waals surface area (Å²) in [5, 5.41) is 7.70. The number of sulfonamides is 1. The fourth-order valence-corrected chi connectivity index (χ4v) is 3.11. The summed E-state index contributed by atoms with van der Waals surface area (Å²) in [5.41, 5.74) is 0.955. The highest BCUT2D eigenvalue weighted by Gasteiger charge is 2.34. The first-order valence-corrected chi connectivity index (χ1v) is 7.76. The minimum absolute atomic E-state index is 0.0422. The average molecular weight is 295 g/mol. The van der Waals surface area contributed by atoms with Gasteiger partial charge in [-0.3, -0.25) is 4.79 Å². The van der Waals surface area contributed by atoms with Gasteiger partial charge in [0.2, 0.25) is 0 Å². The zero-order valence-corrected chi connectivity index (χ0v) is 12.5. The molecule has 2 rings (SSSR count). The summed E-state index contributed by atoms with van der Waals surface area (Å²) in [6.07, 6.45) is 0.451. The molecule has 1 aliphatic rings. The maximum atomic E-state index is 12.4. The van der Waals surface area contributed by atoms with Crippen molar-refractivity contribution in [1.29, 1.82) is 0 Å². The van der Waals surface area contributed by atoms with Crippen LogP contribution in [-0.2, 0) is 14.8 Å². The number of azo groups is 1. The van der Waals surface area contributed by atoms with E-state index in [9.17, 15) is 13.2 Å². The maximum absolute atomic E-state index is 12.4. The number of rotatable bonds is 3. The Morgan fingerprint density at radius 3 is 2.35 bits per heavy atom. The topological polar surface area (TPSA) is 79.2 Å². The highest BCUT2D eigenvalue weighted by atomic mass is 32.2. The molecule has 0 aliphatic carbocycles. The van der Waals surface area contributed by atoms with Gasteiger partial charge in [0.05, 0.1) is 10.9 Å². The lowest BCUT2D eigenvalue weighted by Crippen LogP contribution is -2.39. The van der Waals surface area contributed by atoms with Crippen LogP contribution in [0.2, 0.25) is 0 Å². The summed E-state index contributed by atoms with van der Waals surface area (Å²) in [6, 6.07) is 5.64. The van der Waals surface area contributed by atoms with Crippen LogP contribution < -0.4 is 0 Å². The second-order valence-electron chi connectivity index (χ2n) is 4.96. The van der Waals surface area contributed by atoms with E-state index in [1.54, 1.807) is 12.1 Å². The fraction of sp³-hybridized carbons (Fsp3) is 0.462. The molecular formula is C13H17N3O3S. The van der Waals surface area contributed by atoms with E-state index in [-0.39, 0.29) is 10.9 Å². The molecule has 1 aliphatic heterocycles. The Kier molecular flexibility index (Phi) is 3.89. The zero-order chi connectivity index (χ0) is 14.9.